The number of hydrogen-bond donors (Lipinski definition) is 2. The van der Waals surface area contributed by atoms with Crippen molar-refractivity contribution < 1.29 is 14.7 Å². The van der Waals surface area contributed by atoms with E-state index in [4.69, 9.17) is 0 Å². The normalized spacial score (nSPS) is 21.4. The molecule has 5 nitrogen and oxygen atoms in total. The van der Waals surface area contributed by atoms with E-state index in [0.717, 1.165) is 15.6 Å². The van der Waals surface area contributed by atoms with Crippen LogP contribution >= 0.6 is 27.7 Å². The predicted octanol–water partition coefficient (Wildman–Crippen LogP) is 5.08. The predicted molar refractivity (Wildman–Crippen MR) is 122 cm³/mol. The minimum absolute atomic E-state index is 0.0917. The van der Waals surface area contributed by atoms with Crippen molar-refractivity contribution >= 4 is 57.0 Å². The van der Waals surface area contributed by atoms with Gasteiger partial charge in [0.05, 0.1) is 4.91 Å². The Bertz CT molecular complexity index is 1210. The molecule has 2 aliphatic heterocycles. The van der Waals surface area contributed by atoms with Crippen LogP contribution in [0.1, 0.15) is 11.1 Å². The van der Waals surface area contributed by atoms with Crippen molar-refractivity contribution in [1.82, 2.24) is 0 Å². The summed E-state index contributed by atoms with van der Waals surface area (Å²) in [7, 11) is 0. The molecule has 0 aromatic heterocycles. The van der Waals surface area contributed by atoms with E-state index in [9.17, 15) is 14.7 Å². The van der Waals surface area contributed by atoms with E-state index in [1.807, 2.05) is 48.5 Å². The molecule has 7 heteroatoms. The molecule has 3 aromatic rings. The number of hydrogen-bond acceptors (Lipinski definition) is 4. The van der Waals surface area contributed by atoms with Crippen LogP contribution < -0.4 is 10.2 Å². The van der Waals surface area contributed by atoms with Crippen molar-refractivity contribution in [3.05, 3.63) is 93.3 Å². The lowest BCUT2D eigenvalue weighted by Gasteiger charge is -2.31. The van der Waals surface area contributed by atoms with Crippen LogP contribution in [0.3, 0.4) is 0 Å². The number of benzene rings is 3. The maximum absolute atomic E-state index is 13.6. The molecule has 5 rings (SSSR count). The second-order valence-corrected chi connectivity index (χ2v) is 9.11. The number of carbonyl (C=O) groups excluding carboxylic acids is 2. The summed E-state index contributed by atoms with van der Waals surface area (Å²) in [5.74, 6) is -0.441. The van der Waals surface area contributed by atoms with Crippen molar-refractivity contribution in [2.24, 2.45) is 0 Å². The first-order valence-corrected chi connectivity index (χ1v) is 10.8. The third-order valence-electron chi connectivity index (χ3n) is 5.11. The number of halogens is 1. The van der Waals surface area contributed by atoms with E-state index in [2.05, 4.69) is 21.2 Å². The number of nitrogens with zero attached hydrogens (tertiary/aromatic N) is 1. The fraction of sp³-hybridized carbons (Fsp3) is 0.0435. The third-order valence-corrected chi connectivity index (χ3v) is 7.03. The molecule has 2 amide bonds. The standard InChI is InChI=1S/C23H15BrN2O3S/c24-15-7-5-14(6-8-15)13-20-21(28)26(16-9-11-17(27)12-10-16)23(30-20)18-3-1-2-4-19(18)25-22(23)29/h1-13,27H,(H,25,29)/b20-13-. The van der Waals surface area contributed by atoms with Gasteiger partial charge in [-0.3, -0.25) is 14.5 Å². The maximum Gasteiger partial charge on any atom is 0.266 e. The molecule has 0 saturated carbocycles. The summed E-state index contributed by atoms with van der Waals surface area (Å²) in [6.07, 6.45) is 1.80. The molecular formula is C23H15BrN2O3S. The summed E-state index contributed by atoms with van der Waals surface area (Å²) >= 11 is 4.65. The zero-order valence-electron chi connectivity index (χ0n) is 15.5. The molecule has 2 N–H and O–H groups in total. The number of para-hydroxylation sites is 1. The van der Waals surface area contributed by atoms with E-state index in [1.165, 1.54) is 28.8 Å². The van der Waals surface area contributed by atoms with Gasteiger partial charge in [-0.1, -0.05) is 58.0 Å². The Morgan fingerprint density at radius 3 is 2.40 bits per heavy atom. The van der Waals surface area contributed by atoms with Gasteiger partial charge in [0.1, 0.15) is 5.75 Å². The molecule has 0 bridgehead atoms. The van der Waals surface area contributed by atoms with Gasteiger partial charge in [0.2, 0.25) is 4.87 Å². The SMILES string of the molecule is O=C1/C(=C/c2ccc(Br)cc2)SC2(C(=O)Nc3ccccc32)N1c1ccc(O)cc1. The summed E-state index contributed by atoms with van der Waals surface area (Å²) in [5.41, 5.74) is 2.83. The van der Waals surface area contributed by atoms with Crippen molar-refractivity contribution in [3.8, 4) is 5.75 Å². The molecule has 1 fully saturated rings. The quantitative estimate of drug-likeness (QED) is 0.503. The van der Waals surface area contributed by atoms with E-state index in [-0.39, 0.29) is 17.6 Å². The van der Waals surface area contributed by atoms with Gasteiger partial charge in [-0.05, 0) is 54.1 Å². The molecule has 2 heterocycles. The Morgan fingerprint density at radius 2 is 1.67 bits per heavy atom. The molecule has 0 aliphatic carbocycles. The molecule has 148 valence electrons. The Balaban J connectivity index is 1.70. The highest BCUT2D eigenvalue weighted by molar-refractivity contribution is 9.10. The van der Waals surface area contributed by atoms with Gasteiger partial charge in [0.15, 0.2) is 0 Å². The molecule has 2 aliphatic rings. The highest BCUT2D eigenvalue weighted by Crippen LogP contribution is 2.57. The fourth-order valence-corrected chi connectivity index (χ4v) is 5.41. The topological polar surface area (TPSA) is 69.6 Å². The van der Waals surface area contributed by atoms with Crippen LogP contribution in [0.2, 0.25) is 0 Å². The van der Waals surface area contributed by atoms with Crippen LogP contribution in [0.4, 0.5) is 11.4 Å². The minimum Gasteiger partial charge on any atom is -0.508 e. The maximum atomic E-state index is 13.6. The van der Waals surface area contributed by atoms with Crippen LogP contribution in [0, 0.1) is 0 Å². The van der Waals surface area contributed by atoms with Gasteiger partial charge >= 0.3 is 0 Å². The van der Waals surface area contributed by atoms with E-state index in [0.29, 0.717) is 16.3 Å². The number of carbonyl (C=O) groups is 2. The second-order valence-electron chi connectivity index (χ2n) is 6.96. The number of anilines is 2. The lowest BCUT2D eigenvalue weighted by molar-refractivity contribution is -0.121. The first-order chi connectivity index (χ1) is 14.5. The zero-order chi connectivity index (χ0) is 20.9. The van der Waals surface area contributed by atoms with E-state index >= 15 is 0 Å². The lowest BCUT2D eigenvalue weighted by Crippen LogP contribution is -2.47. The van der Waals surface area contributed by atoms with Gasteiger partial charge in [-0.25, -0.2) is 0 Å². The highest BCUT2D eigenvalue weighted by Gasteiger charge is 2.60. The highest BCUT2D eigenvalue weighted by atomic mass is 79.9. The Morgan fingerprint density at radius 1 is 0.967 bits per heavy atom. The summed E-state index contributed by atoms with van der Waals surface area (Å²) in [6.45, 7) is 0. The number of thioether (sulfide) groups is 1. The Kier molecular flexibility index (Phi) is 4.45. The van der Waals surface area contributed by atoms with Gasteiger partial charge in [-0.2, -0.15) is 0 Å². The van der Waals surface area contributed by atoms with Crippen LogP contribution in [-0.2, 0) is 14.5 Å². The number of fused-ring (bicyclic) bond motifs is 2. The van der Waals surface area contributed by atoms with Crippen molar-refractivity contribution in [1.29, 1.82) is 0 Å². The molecule has 3 aromatic carbocycles. The summed E-state index contributed by atoms with van der Waals surface area (Å²) in [5, 5.41) is 12.6. The molecule has 1 unspecified atom stereocenters. The smallest absolute Gasteiger partial charge is 0.266 e. The van der Waals surface area contributed by atoms with Crippen LogP contribution in [0.25, 0.3) is 6.08 Å². The summed E-state index contributed by atoms with van der Waals surface area (Å²) in [6, 6.07) is 21.3. The third kappa shape index (κ3) is 2.85. The summed E-state index contributed by atoms with van der Waals surface area (Å²) < 4.78 is 0.946. The fourth-order valence-electron chi connectivity index (χ4n) is 3.74. The minimum atomic E-state index is -1.24. The van der Waals surface area contributed by atoms with Gasteiger partial charge in [0.25, 0.3) is 11.8 Å². The van der Waals surface area contributed by atoms with Gasteiger partial charge in [0, 0.05) is 21.4 Å². The molecule has 0 radical (unpaired) electrons. The van der Waals surface area contributed by atoms with Crippen LogP contribution in [0.5, 0.6) is 5.75 Å². The van der Waals surface area contributed by atoms with Crippen LogP contribution in [0.15, 0.2) is 82.2 Å². The number of aromatic hydroxyl groups is 1. The first-order valence-electron chi connectivity index (χ1n) is 9.20. The summed E-state index contributed by atoms with van der Waals surface area (Å²) in [4.78, 5) is 27.6. The number of phenols is 1. The molecular weight excluding hydrogens is 464 g/mol. The first kappa shape index (κ1) is 19.0. The van der Waals surface area contributed by atoms with Crippen LogP contribution in [-0.4, -0.2) is 16.9 Å². The van der Waals surface area contributed by atoms with Gasteiger partial charge < -0.3 is 10.4 Å². The second kappa shape index (κ2) is 7.04. The number of amides is 2. The number of rotatable bonds is 2. The Hall–Kier alpha value is -3.03. The monoisotopic (exact) mass is 478 g/mol. The largest absolute Gasteiger partial charge is 0.508 e. The average Bonchev–Trinajstić information content (AvgIpc) is 3.19. The molecule has 1 saturated heterocycles. The average molecular weight is 479 g/mol. The van der Waals surface area contributed by atoms with Crippen molar-refractivity contribution in [2.45, 2.75) is 4.87 Å². The molecule has 30 heavy (non-hydrogen) atoms. The lowest BCUT2D eigenvalue weighted by atomic mass is 10.0. The zero-order valence-corrected chi connectivity index (χ0v) is 17.9. The molecule has 1 atom stereocenters. The van der Waals surface area contributed by atoms with E-state index in [1.54, 1.807) is 18.2 Å². The van der Waals surface area contributed by atoms with Crippen molar-refractivity contribution in [2.75, 3.05) is 10.2 Å². The number of nitrogens with one attached hydrogen (secondary N) is 1. The van der Waals surface area contributed by atoms with Gasteiger partial charge in [-0.15, -0.1) is 0 Å². The van der Waals surface area contributed by atoms with E-state index < -0.39 is 4.87 Å². The van der Waals surface area contributed by atoms with Crippen molar-refractivity contribution in [3.63, 3.8) is 0 Å². The molecule has 1 spiro atoms. The Labute approximate surface area is 185 Å². The number of phenolic OH excluding ortho intramolecular Hbond substituents is 1.